The number of likely N-dealkylation sites (tertiary alicyclic amines) is 1. The molecule has 5 nitrogen and oxygen atoms in total. The van der Waals surface area contributed by atoms with Gasteiger partial charge in [-0.1, -0.05) is 19.1 Å². The van der Waals surface area contributed by atoms with Crippen LogP contribution in [0.15, 0.2) is 36.9 Å². The summed E-state index contributed by atoms with van der Waals surface area (Å²) in [6.45, 7) is 6.27. The van der Waals surface area contributed by atoms with Crippen LogP contribution < -0.4 is 5.73 Å². The lowest BCUT2D eigenvalue weighted by Gasteiger charge is -2.22. The van der Waals surface area contributed by atoms with Crippen molar-refractivity contribution in [2.24, 2.45) is 11.1 Å². The number of halogens is 1. The van der Waals surface area contributed by atoms with Crippen LogP contribution >= 0.6 is 12.4 Å². The third kappa shape index (κ3) is 3.61. The highest BCUT2D eigenvalue weighted by Crippen LogP contribution is 2.29. The van der Waals surface area contributed by atoms with Gasteiger partial charge >= 0.3 is 0 Å². The normalized spacial score (nSPS) is 22.2. The topological polar surface area (TPSA) is 60.0 Å². The van der Waals surface area contributed by atoms with Gasteiger partial charge in [0.25, 0.3) is 0 Å². The number of benzene rings is 1. The zero-order chi connectivity index (χ0) is 14.0. The number of hydrogen-bond donors (Lipinski definition) is 1. The van der Waals surface area contributed by atoms with Gasteiger partial charge in [0.15, 0.2) is 0 Å². The van der Waals surface area contributed by atoms with Crippen molar-refractivity contribution in [3.63, 3.8) is 0 Å². The SMILES string of the molecule is CC1(CN)CCN(Cc2ccc(-n3cncn3)cc2)C1.Cl. The predicted octanol–water partition coefficient (Wildman–Crippen LogP) is 1.86. The van der Waals surface area contributed by atoms with Gasteiger partial charge < -0.3 is 5.73 Å². The van der Waals surface area contributed by atoms with E-state index in [1.807, 2.05) is 0 Å². The molecule has 1 saturated heterocycles. The minimum absolute atomic E-state index is 0. The largest absolute Gasteiger partial charge is 0.330 e. The summed E-state index contributed by atoms with van der Waals surface area (Å²) in [5.41, 5.74) is 8.52. The minimum atomic E-state index is 0. The molecule has 1 aliphatic heterocycles. The summed E-state index contributed by atoms with van der Waals surface area (Å²) in [6, 6.07) is 8.49. The molecule has 114 valence electrons. The number of nitrogens with two attached hydrogens (primary N) is 1. The van der Waals surface area contributed by atoms with E-state index in [-0.39, 0.29) is 12.4 Å². The first kappa shape index (κ1) is 15.9. The Morgan fingerprint density at radius 1 is 1.29 bits per heavy atom. The van der Waals surface area contributed by atoms with Crippen molar-refractivity contribution in [2.45, 2.75) is 19.9 Å². The summed E-state index contributed by atoms with van der Waals surface area (Å²) < 4.78 is 1.77. The van der Waals surface area contributed by atoms with Crippen molar-refractivity contribution >= 4 is 12.4 Å². The first-order valence-corrected chi connectivity index (χ1v) is 7.05. The van der Waals surface area contributed by atoms with Crippen LogP contribution in [0.5, 0.6) is 0 Å². The van der Waals surface area contributed by atoms with Gasteiger partial charge in [0.1, 0.15) is 12.7 Å². The van der Waals surface area contributed by atoms with Crippen LogP contribution in [-0.4, -0.2) is 39.3 Å². The number of nitrogens with zero attached hydrogens (tertiary/aromatic N) is 4. The fourth-order valence-corrected chi connectivity index (χ4v) is 2.78. The van der Waals surface area contributed by atoms with Crippen LogP contribution in [0, 0.1) is 5.41 Å². The molecule has 0 amide bonds. The lowest BCUT2D eigenvalue weighted by molar-refractivity contribution is 0.274. The second-order valence-corrected chi connectivity index (χ2v) is 5.98. The Morgan fingerprint density at radius 2 is 2.05 bits per heavy atom. The average Bonchev–Trinajstić information content (AvgIpc) is 3.11. The van der Waals surface area contributed by atoms with E-state index in [4.69, 9.17) is 5.73 Å². The quantitative estimate of drug-likeness (QED) is 0.936. The molecule has 1 aliphatic rings. The van der Waals surface area contributed by atoms with E-state index in [0.717, 1.165) is 31.9 Å². The van der Waals surface area contributed by atoms with E-state index >= 15 is 0 Å². The summed E-state index contributed by atoms with van der Waals surface area (Å²) in [6.07, 6.45) is 4.45. The van der Waals surface area contributed by atoms with Crippen LogP contribution in [0.25, 0.3) is 5.69 Å². The van der Waals surface area contributed by atoms with Gasteiger partial charge in [-0.05, 0) is 42.6 Å². The highest BCUT2D eigenvalue weighted by molar-refractivity contribution is 5.85. The molecule has 0 spiro atoms. The molecule has 6 heteroatoms. The summed E-state index contributed by atoms with van der Waals surface area (Å²) in [5.74, 6) is 0. The molecule has 3 rings (SSSR count). The second kappa shape index (κ2) is 6.56. The maximum absolute atomic E-state index is 5.86. The van der Waals surface area contributed by atoms with Crippen LogP contribution in [0.2, 0.25) is 0 Å². The summed E-state index contributed by atoms with van der Waals surface area (Å²) in [7, 11) is 0. The molecule has 0 saturated carbocycles. The lowest BCUT2D eigenvalue weighted by atomic mass is 9.90. The Kier molecular flexibility index (Phi) is 4.98. The number of aromatic nitrogens is 3. The van der Waals surface area contributed by atoms with Crippen molar-refractivity contribution in [1.82, 2.24) is 19.7 Å². The van der Waals surface area contributed by atoms with Crippen molar-refractivity contribution in [1.29, 1.82) is 0 Å². The van der Waals surface area contributed by atoms with Crippen molar-refractivity contribution in [2.75, 3.05) is 19.6 Å². The molecule has 2 aromatic rings. The van der Waals surface area contributed by atoms with Gasteiger partial charge in [0.2, 0.25) is 0 Å². The van der Waals surface area contributed by atoms with Crippen molar-refractivity contribution in [3.8, 4) is 5.69 Å². The highest BCUT2D eigenvalue weighted by atomic mass is 35.5. The smallest absolute Gasteiger partial charge is 0.138 e. The first-order chi connectivity index (χ1) is 9.68. The van der Waals surface area contributed by atoms with Gasteiger partial charge in [-0.3, -0.25) is 4.90 Å². The van der Waals surface area contributed by atoms with E-state index in [9.17, 15) is 0 Å². The third-order valence-electron chi connectivity index (χ3n) is 4.16. The first-order valence-electron chi connectivity index (χ1n) is 7.05. The van der Waals surface area contributed by atoms with Gasteiger partial charge in [-0.15, -0.1) is 12.4 Å². The summed E-state index contributed by atoms with van der Waals surface area (Å²) in [5, 5.41) is 4.13. The third-order valence-corrected chi connectivity index (χ3v) is 4.16. The van der Waals surface area contributed by atoms with Crippen LogP contribution in [0.4, 0.5) is 0 Å². The Labute approximate surface area is 131 Å². The molecule has 2 heterocycles. The molecule has 0 aliphatic carbocycles. The van der Waals surface area contributed by atoms with Crippen LogP contribution in [0.1, 0.15) is 18.9 Å². The van der Waals surface area contributed by atoms with Crippen LogP contribution in [-0.2, 0) is 6.54 Å². The molecule has 0 radical (unpaired) electrons. The standard InChI is InChI=1S/C15H21N5.ClH/c1-15(9-16)6-7-19(10-15)8-13-2-4-14(5-3-13)20-12-17-11-18-20;/h2-5,11-12H,6-10,16H2,1H3;1H. The van der Waals surface area contributed by atoms with Gasteiger partial charge in [-0.2, -0.15) is 5.10 Å². The van der Waals surface area contributed by atoms with E-state index in [2.05, 4.69) is 46.2 Å². The van der Waals surface area contributed by atoms with Crippen LogP contribution in [0.3, 0.4) is 0 Å². The Bertz CT molecular complexity index is 554. The number of hydrogen-bond acceptors (Lipinski definition) is 4. The summed E-state index contributed by atoms with van der Waals surface area (Å²) >= 11 is 0. The maximum Gasteiger partial charge on any atom is 0.138 e. The van der Waals surface area contributed by atoms with E-state index < -0.39 is 0 Å². The Balaban J connectivity index is 0.00000161. The van der Waals surface area contributed by atoms with E-state index in [0.29, 0.717) is 5.41 Å². The fraction of sp³-hybridized carbons (Fsp3) is 0.467. The molecule has 1 fully saturated rings. The predicted molar refractivity (Wildman–Crippen MR) is 85.7 cm³/mol. The Hall–Kier alpha value is -1.43. The van der Waals surface area contributed by atoms with E-state index in [1.165, 1.54) is 12.0 Å². The molecule has 1 aromatic heterocycles. The number of rotatable bonds is 4. The fourth-order valence-electron chi connectivity index (χ4n) is 2.78. The Morgan fingerprint density at radius 3 is 2.62 bits per heavy atom. The van der Waals surface area contributed by atoms with Gasteiger partial charge in [-0.25, -0.2) is 9.67 Å². The van der Waals surface area contributed by atoms with E-state index in [1.54, 1.807) is 17.3 Å². The molecular formula is C15H22ClN5. The molecule has 2 N–H and O–H groups in total. The zero-order valence-corrected chi connectivity index (χ0v) is 13.1. The lowest BCUT2D eigenvalue weighted by Crippen LogP contribution is -2.31. The maximum atomic E-state index is 5.86. The van der Waals surface area contributed by atoms with Gasteiger partial charge in [0, 0.05) is 13.1 Å². The van der Waals surface area contributed by atoms with Crippen molar-refractivity contribution in [3.05, 3.63) is 42.5 Å². The zero-order valence-electron chi connectivity index (χ0n) is 12.3. The minimum Gasteiger partial charge on any atom is -0.330 e. The molecule has 0 bridgehead atoms. The molecule has 1 aromatic carbocycles. The summed E-state index contributed by atoms with van der Waals surface area (Å²) in [4.78, 5) is 6.44. The monoisotopic (exact) mass is 307 g/mol. The molecule has 1 atom stereocenters. The van der Waals surface area contributed by atoms with Gasteiger partial charge in [0.05, 0.1) is 5.69 Å². The second-order valence-electron chi connectivity index (χ2n) is 5.98. The molecule has 21 heavy (non-hydrogen) atoms. The van der Waals surface area contributed by atoms with Crippen molar-refractivity contribution < 1.29 is 0 Å². The highest BCUT2D eigenvalue weighted by Gasteiger charge is 2.32. The average molecular weight is 308 g/mol. The molecule has 1 unspecified atom stereocenters. The molecular weight excluding hydrogens is 286 g/mol.